The van der Waals surface area contributed by atoms with Gasteiger partial charge in [-0.1, -0.05) is 18.2 Å². The van der Waals surface area contributed by atoms with Crippen molar-refractivity contribution in [3.05, 3.63) is 58.0 Å². The zero-order valence-electron chi connectivity index (χ0n) is 15.5. The summed E-state index contributed by atoms with van der Waals surface area (Å²) in [6, 6.07) is 10.4. The maximum atomic E-state index is 12.4. The summed E-state index contributed by atoms with van der Waals surface area (Å²) < 4.78 is 34.4. The van der Waals surface area contributed by atoms with Crippen molar-refractivity contribution in [2.75, 3.05) is 7.11 Å². The van der Waals surface area contributed by atoms with Gasteiger partial charge in [-0.3, -0.25) is 4.79 Å². The fourth-order valence-corrected chi connectivity index (χ4v) is 3.38. The molecule has 1 aliphatic heterocycles. The highest BCUT2D eigenvalue weighted by Gasteiger charge is 2.24. The normalized spacial score (nSPS) is 16.7. The maximum absolute atomic E-state index is 12.4. The number of nitrogens with one attached hydrogen (secondary N) is 1. The Balaban J connectivity index is 1.84. The van der Waals surface area contributed by atoms with Gasteiger partial charge >= 0.3 is 6.61 Å². The Morgan fingerprint density at radius 2 is 1.93 bits per heavy atom. The Hall–Kier alpha value is -2.87. The van der Waals surface area contributed by atoms with E-state index in [1.165, 1.54) is 31.0 Å². The van der Waals surface area contributed by atoms with E-state index in [-0.39, 0.29) is 17.4 Å². The Bertz CT molecular complexity index is 974. The largest absolute Gasteiger partial charge is 0.493 e. The molecule has 0 atom stereocenters. The summed E-state index contributed by atoms with van der Waals surface area (Å²) in [6.45, 7) is 0.980. The topological polar surface area (TPSA) is 59.9 Å². The van der Waals surface area contributed by atoms with Crippen LogP contribution in [0.1, 0.15) is 16.7 Å². The molecule has 2 aromatic carbocycles. The van der Waals surface area contributed by atoms with Crippen LogP contribution in [0.15, 0.2) is 46.3 Å². The van der Waals surface area contributed by atoms with Crippen molar-refractivity contribution >= 4 is 34.6 Å². The lowest BCUT2D eigenvalue weighted by Gasteiger charge is -2.10. The van der Waals surface area contributed by atoms with Gasteiger partial charge in [0.15, 0.2) is 16.7 Å². The van der Waals surface area contributed by atoms with E-state index < -0.39 is 6.61 Å². The molecule has 1 heterocycles. The van der Waals surface area contributed by atoms with Crippen molar-refractivity contribution in [2.24, 2.45) is 4.99 Å². The third kappa shape index (κ3) is 4.69. The van der Waals surface area contributed by atoms with E-state index in [1.807, 2.05) is 32.0 Å². The lowest BCUT2D eigenvalue weighted by atomic mass is 10.1. The first-order chi connectivity index (χ1) is 13.4. The Morgan fingerprint density at radius 3 is 2.64 bits per heavy atom. The molecule has 0 aliphatic carbocycles. The number of carbonyl (C=O) groups excluding carboxylic acids is 1. The van der Waals surface area contributed by atoms with E-state index in [0.29, 0.717) is 15.6 Å². The van der Waals surface area contributed by atoms with Gasteiger partial charge < -0.3 is 14.8 Å². The van der Waals surface area contributed by atoms with Crippen LogP contribution >= 0.6 is 11.8 Å². The first kappa shape index (κ1) is 19.9. The van der Waals surface area contributed by atoms with Crippen molar-refractivity contribution in [1.82, 2.24) is 5.32 Å². The highest BCUT2D eigenvalue weighted by atomic mass is 32.2. The predicted molar refractivity (Wildman–Crippen MR) is 106 cm³/mol. The molecule has 0 aromatic heterocycles. The molecule has 0 unspecified atom stereocenters. The molecule has 2 aromatic rings. The zero-order chi connectivity index (χ0) is 20.3. The number of rotatable bonds is 5. The first-order valence-electron chi connectivity index (χ1n) is 8.35. The molecule has 1 fully saturated rings. The monoisotopic (exact) mass is 404 g/mol. The van der Waals surface area contributed by atoms with Crippen LogP contribution in [-0.2, 0) is 4.79 Å². The summed E-state index contributed by atoms with van der Waals surface area (Å²) in [5, 5.41) is 3.22. The second-order valence-corrected chi connectivity index (χ2v) is 7.09. The number of alkyl halides is 2. The molecule has 0 radical (unpaired) electrons. The van der Waals surface area contributed by atoms with E-state index in [2.05, 4.69) is 15.0 Å². The molecular weight excluding hydrogens is 386 g/mol. The van der Waals surface area contributed by atoms with Gasteiger partial charge in [0, 0.05) is 0 Å². The van der Waals surface area contributed by atoms with Crippen molar-refractivity contribution < 1.29 is 23.0 Å². The molecule has 28 heavy (non-hydrogen) atoms. The summed E-state index contributed by atoms with van der Waals surface area (Å²) >= 11 is 1.21. The average molecular weight is 404 g/mol. The Kier molecular flexibility index (Phi) is 5.99. The highest BCUT2D eigenvalue weighted by Crippen LogP contribution is 2.33. The predicted octanol–water partition coefficient (Wildman–Crippen LogP) is 4.81. The molecule has 1 N–H and O–H groups in total. The molecule has 3 rings (SSSR count). The number of hydrogen-bond acceptors (Lipinski definition) is 5. The van der Waals surface area contributed by atoms with E-state index in [0.717, 1.165) is 16.8 Å². The van der Waals surface area contributed by atoms with Gasteiger partial charge in [-0.05, 0) is 66.6 Å². The SMILES string of the molecule is COc1cc(/C=C2\SC(=Nc3cc(C)ccc3C)NC2=O)ccc1OC(F)F. The van der Waals surface area contributed by atoms with Gasteiger partial charge in [0.05, 0.1) is 17.7 Å². The van der Waals surface area contributed by atoms with Crippen LogP contribution in [0, 0.1) is 13.8 Å². The molecule has 1 aliphatic rings. The zero-order valence-corrected chi connectivity index (χ0v) is 16.3. The van der Waals surface area contributed by atoms with Crippen LogP contribution in [0.3, 0.4) is 0 Å². The smallest absolute Gasteiger partial charge is 0.387 e. The van der Waals surface area contributed by atoms with Crippen LogP contribution in [0.25, 0.3) is 6.08 Å². The molecule has 0 spiro atoms. The average Bonchev–Trinajstić information content (AvgIpc) is 2.98. The molecule has 0 bridgehead atoms. The molecule has 8 heteroatoms. The van der Waals surface area contributed by atoms with Gasteiger partial charge in [0.1, 0.15) is 0 Å². The number of thioether (sulfide) groups is 1. The number of aryl methyl sites for hydroxylation is 2. The van der Waals surface area contributed by atoms with Crippen molar-refractivity contribution in [2.45, 2.75) is 20.5 Å². The van der Waals surface area contributed by atoms with Gasteiger partial charge in [0.2, 0.25) is 0 Å². The number of hydrogen-bond donors (Lipinski definition) is 1. The van der Waals surface area contributed by atoms with Crippen LogP contribution in [-0.4, -0.2) is 24.8 Å². The second-order valence-electron chi connectivity index (χ2n) is 6.06. The Labute approximate surface area is 165 Å². The van der Waals surface area contributed by atoms with E-state index >= 15 is 0 Å². The number of halogens is 2. The molecule has 5 nitrogen and oxygen atoms in total. The van der Waals surface area contributed by atoms with Gasteiger partial charge in [0.25, 0.3) is 5.91 Å². The van der Waals surface area contributed by atoms with E-state index in [9.17, 15) is 13.6 Å². The number of amidine groups is 1. The van der Waals surface area contributed by atoms with E-state index in [4.69, 9.17) is 4.74 Å². The van der Waals surface area contributed by atoms with E-state index in [1.54, 1.807) is 12.1 Å². The van der Waals surface area contributed by atoms with Crippen LogP contribution < -0.4 is 14.8 Å². The highest BCUT2D eigenvalue weighted by molar-refractivity contribution is 8.18. The van der Waals surface area contributed by atoms with Gasteiger partial charge in [-0.25, -0.2) is 4.99 Å². The van der Waals surface area contributed by atoms with Crippen molar-refractivity contribution in [3.63, 3.8) is 0 Å². The maximum Gasteiger partial charge on any atom is 0.387 e. The van der Waals surface area contributed by atoms with Crippen molar-refractivity contribution in [3.8, 4) is 11.5 Å². The first-order valence-corrected chi connectivity index (χ1v) is 9.17. The summed E-state index contributed by atoms with van der Waals surface area (Å²) in [5.41, 5.74) is 3.49. The summed E-state index contributed by atoms with van der Waals surface area (Å²) in [7, 11) is 1.36. The minimum absolute atomic E-state index is 0.0691. The molecule has 146 valence electrons. The number of aliphatic imine (C=N–C) groups is 1. The number of benzene rings is 2. The fourth-order valence-electron chi connectivity index (χ4n) is 2.55. The summed E-state index contributed by atoms with van der Waals surface area (Å²) in [6.07, 6.45) is 1.64. The van der Waals surface area contributed by atoms with Crippen LogP contribution in [0.2, 0.25) is 0 Å². The Morgan fingerprint density at radius 1 is 1.14 bits per heavy atom. The number of ether oxygens (including phenoxy) is 2. The van der Waals surface area contributed by atoms with Crippen molar-refractivity contribution in [1.29, 1.82) is 0 Å². The quantitative estimate of drug-likeness (QED) is 0.727. The molecule has 0 saturated carbocycles. The second kappa shape index (κ2) is 8.43. The lowest BCUT2D eigenvalue weighted by Crippen LogP contribution is -2.19. The van der Waals surface area contributed by atoms with Crippen LogP contribution in [0.5, 0.6) is 11.5 Å². The number of amides is 1. The minimum Gasteiger partial charge on any atom is -0.493 e. The van der Waals surface area contributed by atoms with Gasteiger partial charge in [-0.2, -0.15) is 8.78 Å². The molecular formula is C20H18F2N2O3S. The minimum atomic E-state index is -2.95. The fraction of sp³-hybridized carbons (Fsp3) is 0.200. The molecule has 1 amide bonds. The summed E-state index contributed by atoms with van der Waals surface area (Å²) in [5.74, 6) is -0.191. The summed E-state index contributed by atoms with van der Waals surface area (Å²) in [4.78, 5) is 17.2. The van der Waals surface area contributed by atoms with Crippen LogP contribution in [0.4, 0.5) is 14.5 Å². The lowest BCUT2D eigenvalue weighted by molar-refractivity contribution is -0.115. The van der Waals surface area contributed by atoms with Gasteiger partial charge in [-0.15, -0.1) is 0 Å². The number of methoxy groups -OCH3 is 1. The number of carbonyl (C=O) groups is 1. The number of nitrogens with zero attached hydrogens (tertiary/aromatic N) is 1. The third-order valence-corrected chi connectivity index (χ3v) is 4.85. The standard InChI is InChI=1S/C20H18F2N2O3S/c1-11-4-5-12(2)14(8-11)23-20-24-18(25)17(28-20)10-13-6-7-15(27-19(21)22)16(9-13)26-3/h4-10,19H,1-3H3,(H,23,24,25)/b17-10-. The third-order valence-electron chi connectivity index (χ3n) is 3.94. The molecule has 1 saturated heterocycles.